The van der Waals surface area contributed by atoms with E-state index in [-0.39, 0.29) is 22.6 Å². The Bertz CT molecular complexity index is 426. The van der Waals surface area contributed by atoms with Gasteiger partial charge in [0.25, 0.3) is 0 Å². The van der Waals surface area contributed by atoms with Crippen LogP contribution in [-0.2, 0) is 9.59 Å². The Morgan fingerprint density at radius 2 is 1.90 bits per heavy atom. The summed E-state index contributed by atoms with van der Waals surface area (Å²) in [5.41, 5.74) is 0.331. The Hall–Kier alpha value is -0.510. The van der Waals surface area contributed by atoms with Gasteiger partial charge in [-0.3, -0.25) is 14.5 Å². The highest BCUT2D eigenvalue weighted by Crippen LogP contribution is 2.61. The number of nitrogens with zero attached hydrogens (tertiary/aromatic N) is 1. The summed E-state index contributed by atoms with van der Waals surface area (Å²) in [6, 6.07) is 0. The summed E-state index contributed by atoms with van der Waals surface area (Å²) in [4.78, 5) is 26.7. The van der Waals surface area contributed by atoms with Crippen molar-refractivity contribution in [2.24, 2.45) is 5.41 Å². The van der Waals surface area contributed by atoms with Crippen LogP contribution in [0.3, 0.4) is 0 Å². The van der Waals surface area contributed by atoms with Crippen LogP contribution in [0.5, 0.6) is 0 Å². The highest BCUT2D eigenvalue weighted by atomic mass is 32.2. The van der Waals surface area contributed by atoms with E-state index in [0.29, 0.717) is 11.8 Å². The predicted octanol–water partition coefficient (Wildman–Crippen LogP) is 3.37. The largest absolute Gasteiger partial charge is 0.275 e. The first-order valence-electron chi connectivity index (χ1n) is 8.04. The lowest BCUT2D eigenvalue weighted by molar-refractivity contribution is -0.145. The lowest BCUT2D eigenvalue weighted by Crippen LogP contribution is -2.49. The molecule has 1 unspecified atom stereocenters. The fourth-order valence-electron chi connectivity index (χ4n) is 4.90. The molecule has 2 amide bonds. The van der Waals surface area contributed by atoms with Crippen LogP contribution in [0, 0.1) is 5.41 Å². The molecule has 2 saturated carbocycles. The van der Waals surface area contributed by atoms with Gasteiger partial charge in [-0.2, -0.15) is 0 Å². The number of hydrogen-bond acceptors (Lipinski definition) is 3. The number of carbonyl (C=O) groups excluding carboxylic acids is 2. The number of likely N-dealkylation sites (tertiary alicyclic amines) is 1. The molecule has 20 heavy (non-hydrogen) atoms. The lowest BCUT2D eigenvalue weighted by atomic mass is 9.80. The third-order valence-electron chi connectivity index (χ3n) is 5.67. The highest BCUT2D eigenvalue weighted by Gasteiger charge is 2.60. The Morgan fingerprint density at radius 3 is 2.50 bits per heavy atom. The van der Waals surface area contributed by atoms with Crippen LogP contribution in [0.1, 0.15) is 65.2 Å². The SMILES string of the molecule is CCCC12CCC(N3C(=O)CC(SCC)C3=O)(CC1)C2. The minimum atomic E-state index is -0.108. The fraction of sp³-hybridized carbons (Fsp3) is 0.875. The zero-order chi connectivity index (χ0) is 14.4. The summed E-state index contributed by atoms with van der Waals surface area (Å²) in [6.45, 7) is 4.30. The molecule has 3 nitrogen and oxygen atoms in total. The Kier molecular flexibility index (Phi) is 3.64. The maximum Gasteiger partial charge on any atom is 0.243 e. The third-order valence-corrected chi connectivity index (χ3v) is 6.78. The molecule has 3 aliphatic rings. The van der Waals surface area contributed by atoms with Gasteiger partial charge in [-0.1, -0.05) is 20.3 Å². The second kappa shape index (κ2) is 5.04. The van der Waals surface area contributed by atoms with Gasteiger partial charge in [0.05, 0.1) is 10.8 Å². The van der Waals surface area contributed by atoms with E-state index in [2.05, 4.69) is 13.8 Å². The van der Waals surface area contributed by atoms with Crippen molar-refractivity contribution < 1.29 is 9.59 Å². The van der Waals surface area contributed by atoms with Gasteiger partial charge in [0.1, 0.15) is 0 Å². The first kappa shape index (κ1) is 14.4. The molecule has 3 rings (SSSR count). The minimum Gasteiger partial charge on any atom is -0.275 e. The molecule has 3 fully saturated rings. The average Bonchev–Trinajstić information content (AvgIpc) is 3.02. The van der Waals surface area contributed by atoms with Gasteiger partial charge < -0.3 is 0 Å². The molecule has 1 saturated heterocycles. The van der Waals surface area contributed by atoms with Crippen LogP contribution in [0.15, 0.2) is 0 Å². The quantitative estimate of drug-likeness (QED) is 0.730. The van der Waals surface area contributed by atoms with Crippen molar-refractivity contribution in [2.75, 3.05) is 5.75 Å². The van der Waals surface area contributed by atoms with E-state index in [9.17, 15) is 9.59 Å². The molecule has 0 aromatic heterocycles. The molecule has 112 valence electrons. The normalized spacial score (nSPS) is 40.1. The second-order valence-electron chi connectivity index (χ2n) is 6.87. The molecule has 2 aliphatic carbocycles. The van der Waals surface area contributed by atoms with Crippen LogP contribution >= 0.6 is 11.8 Å². The maximum absolute atomic E-state index is 12.6. The van der Waals surface area contributed by atoms with Crippen molar-refractivity contribution in [3.8, 4) is 0 Å². The van der Waals surface area contributed by atoms with Gasteiger partial charge in [-0.15, -0.1) is 11.8 Å². The van der Waals surface area contributed by atoms with Gasteiger partial charge in [0.15, 0.2) is 0 Å². The summed E-state index contributed by atoms with van der Waals surface area (Å²) in [7, 11) is 0. The molecule has 0 aromatic rings. The molecule has 0 spiro atoms. The molecular weight excluding hydrogens is 270 g/mol. The van der Waals surface area contributed by atoms with Crippen LogP contribution < -0.4 is 0 Å². The number of amides is 2. The number of rotatable bonds is 5. The molecular formula is C16H25NO2S. The predicted molar refractivity (Wildman–Crippen MR) is 81.5 cm³/mol. The molecule has 1 atom stereocenters. The summed E-state index contributed by atoms with van der Waals surface area (Å²) in [5, 5.41) is -0.108. The molecule has 1 heterocycles. The van der Waals surface area contributed by atoms with E-state index in [0.717, 1.165) is 25.0 Å². The number of fused-ring (bicyclic) bond motifs is 2. The molecule has 1 aliphatic heterocycles. The highest BCUT2D eigenvalue weighted by molar-refractivity contribution is 8.00. The third kappa shape index (κ3) is 2.02. The molecule has 0 radical (unpaired) electrons. The van der Waals surface area contributed by atoms with Gasteiger partial charge >= 0.3 is 0 Å². The zero-order valence-electron chi connectivity index (χ0n) is 12.6. The van der Waals surface area contributed by atoms with E-state index in [4.69, 9.17) is 0 Å². The summed E-state index contributed by atoms with van der Waals surface area (Å²) in [5.74, 6) is 1.11. The van der Waals surface area contributed by atoms with Crippen molar-refractivity contribution in [3.63, 3.8) is 0 Å². The van der Waals surface area contributed by atoms with Crippen molar-refractivity contribution in [3.05, 3.63) is 0 Å². The zero-order valence-corrected chi connectivity index (χ0v) is 13.4. The second-order valence-corrected chi connectivity index (χ2v) is 8.35. The Labute approximate surface area is 125 Å². The minimum absolute atomic E-state index is 0.0927. The fourth-order valence-corrected chi connectivity index (χ4v) is 5.81. The van der Waals surface area contributed by atoms with Crippen molar-refractivity contribution in [1.82, 2.24) is 4.90 Å². The summed E-state index contributed by atoms with van der Waals surface area (Å²) in [6.07, 6.45) is 8.51. The van der Waals surface area contributed by atoms with Crippen LogP contribution in [0.4, 0.5) is 0 Å². The number of thioether (sulfide) groups is 1. The topological polar surface area (TPSA) is 37.4 Å². The number of carbonyl (C=O) groups is 2. The van der Waals surface area contributed by atoms with E-state index < -0.39 is 0 Å². The maximum atomic E-state index is 12.6. The summed E-state index contributed by atoms with van der Waals surface area (Å²) < 4.78 is 0. The summed E-state index contributed by atoms with van der Waals surface area (Å²) >= 11 is 1.63. The van der Waals surface area contributed by atoms with Crippen LogP contribution in [0.2, 0.25) is 0 Å². The molecule has 4 heteroatoms. The molecule has 2 bridgehead atoms. The van der Waals surface area contributed by atoms with E-state index in [1.807, 2.05) is 0 Å². The van der Waals surface area contributed by atoms with Crippen molar-refractivity contribution in [2.45, 2.75) is 76.0 Å². The first-order chi connectivity index (χ1) is 9.56. The van der Waals surface area contributed by atoms with Crippen molar-refractivity contribution in [1.29, 1.82) is 0 Å². The number of hydrogen-bond donors (Lipinski definition) is 0. The van der Waals surface area contributed by atoms with Crippen LogP contribution in [-0.4, -0.2) is 33.3 Å². The van der Waals surface area contributed by atoms with Gasteiger partial charge in [-0.05, 0) is 49.7 Å². The monoisotopic (exact) mass is 295 g/mol. The Balaban J connectivity index is 1.80. The molecule has 0 aromatic carbocycles. The lowest BCUT2D eigenvalue weighted by Gasteiger charge is -2.35. The van der Waals surface area contributed by atoms with Gasteiger partial charge in [0, 0.05) is 6.42 Å². The smallest absolute Gasteiger partial charge is 0.243 e. The number of imide groups is 1. The van der Waals surface area contributed by atoms with Crippen LogP contribution in [0.25, 0.3) is 0 Å². The van der Waals surface area contributed by atoms with Crippen molar-refractivity contribution >= 4 is 23.6 Å². The van der Waals surface area contributed by atoms with E-state index in [1.165, 1.54) is 25.7 Å². The standard InChI is InChI=1S/C16H25NO2S/c1-3-5-15-6-8-16(11-15,9-7-15)17-13(18)10-12(14(17)19)20-4-2/h12H,3-11H2,1-2H3. The first-order valence-corrected chi connectivity index (χ1v) is 9.09. The van der Waals surface area contributed by atoms with Gasteiger partial charge in [0.2, 0.25) is 11.8 Å². The average molecular weight is 295 g/mol. The Morgan fingerprint density at radius 1 is 1.20 bits per heavy atom. The van der Waals surface area contributed by atoms with Gasteiger partial charge in [-0.25, -0.2) is 0 Å². The molecule has 0 N–H and O–H groups in total. The van der Waals surface area contributed by atoms with E-state index in [1.54, 1.807) is 16.7 Å². The van der Waals surface area contributed by atoms with E-state index >= 15 is 0 Å².